The predicted molar refractivity (Wildman–Crippen MR) is 59.8 cm³/mol. The van der Waals surface area contributed by atoms with E-state index in [1.165, 1.54) is 7.11 Å². The molecule has 0 amide bonds. The zero-order valence-electron chi connectivity index (χ0n) is 8.37. The van der Waals surface area contributed by atoms with Crippen molar-refractivity contribution in [3.8, 4) is 0 Å². The Morgan fingerprint density at radius 3 is 2.50 bits per heavy atom. The molecule has 0 unspecified atom stereocenters. The molecular formula is C10H12BrNO2. The molecule has 76 valence electrons. The molecule has 0 saturated carbocycles. The fraction of sp³-hybridized carbons (Fsp3) is 0.300. The quantitative estimate of drug-likeness (QED) is 0.762. The average molecular weight is 258 g/mol. The van der Waals surface area contributed by atoms with Crippen molar-refractivity contribution in [2.45, 2.75) is 0 Å². The number of nitrogens with zero attached hydrogens (tertiary/aromatic N) is 1. The van der Waals surface area contributed by atoms with Crippen LogP contribution in [0.4, 0.5) is 5.69 Å². The van der Waals surface area contributed by atoms with Gasteiger partial charge in [-0.25, -0.2) is 4.79 Å². The first-order valence-electron chi connectivity index (χ1n) is 4.11. The lowest BCUT2D eigenvalue weighted by molar-refractivity contribution is 0.0600. The maximum absolute atomic E-state index is 11.2. The van der Waals surface area contributed by atoms with E-state index in [1.54, 1.807) is 12.1 Å². The fourth-order valence-electron chi connectivity index (χ4n) is 1.11. The van der Waals surface area contributed by atoms with Crippen molar-refractivity contribution in [1.82, 2.24) is 0 Å². The first kappa shape index (κ1) is 11.0. The van der Waals surface area contributed by atoms with Crippen LogP contribution in [-0.2, 0) is 4.74 Å². The second-order valence-corrected chi connectivity index (χ2v) is 3.91. The van der Waals surface area contributed by atoms with Crippen molar-refractivity contribution in [3.05, 3.63) is 28.2 Å². The lowest BCUT2D eigenvalue weighted by Gasteiger charge is -2.14. The van der Waals surface area contributed by atoms with Crippen LogP contribution in [0.3, 0.4) is 0 Å². The molecule has 0 radical (unpaired) electrons. The molecule has 0 bridgehead atoms. The molecule has 0 saturated heterocycles. The molecule has 1 aromatic carbocycles. The van der Waals surface area contributed by atoms with E-state index in [1.807, 2.05) is 25.1 Å². The van der Waals surface area contributed by atoms with Gasteiger partial charge in [0.1, 0.15) is 0 Å². The van der Waals surface area contributed by atoms with E-state index in [4.69, 9.17) is 0 Å². The molecule has 3 nitrogen and oxygen atoms in total. The standard InChI is InChI=1S/C10H12BrNO2/c1-12(2)9-5-4-7(6-8(9)11)10(13)14-3/h4-6H,1-3H3. The molecule has 0 heterocycles. The molecular weight excluding hydrogens is 246 g/mol. The minimum atomic E-state index is -0.323. The van der Waals surface area contributed by atoms with Crippen LogP contribution in [0.2, 0.25) is 0 Å². The van der Waals surface area contributed by atoms with Crippen LogP contribution >= 0.6 is 15.9 Å². The number of hydrogen-bond acceptors (Lipinski definition) is 3. The van der Waals surface area contributed by atoms with Gasteiger partial charge in [0.05, 0.1) is 18.4 Å². The Kier molecular flexibility index (Phi) is 3.52. The molecule has 1 aromatic rings. The van der Waals surface area contributed by atoms with Crippen molar-refractivity contribution in [3.63, 3.8) is 0 Å². The van der Waals surface area contributed by atoms with Gasteiger partial charge in [-0.15, -0.1) is 0 Å². The highest BCUT2D eigenvalue weighted by Crippen LogP contribution is 2.25. The van der Waals surface area contributed by atoms with Crippen LogP contribution in [0.15, 0.2) is 22.7 Å². The van der Waals surface area contributed by atoms with Crippen LogP contribution in [0.5, 0.6) is 0 Å². The maximum atomic E-state index is 11.2. The Morgan fingerprint density at radius 1 is 1.43 bits per heavy atom. The lowest BCUT2D eigenvalue weighted by atomic mass is 10.2. The Hall–Kier alpha value is -1.03. The minimum Gasteiger partial charge on any atom is -0.465 e. The molecule has 0 aromatic heterocycles. The fourth-order valence-corrected chi connectivity index (χ4v) is 1.85. The number of methoxy groups -OCH3 is 1. The highest BCUT2D eigenvalue weighted by atomic mass is 79.9. The zero-order valence-corrected chi connectivity index (χ0v) is 9.96. The van der Waals surface area contributed by atoms with Crippen molar-refractivity contribution in [1.29, 1.82) is 0 Å². The summed E-state index contributed by atoms with van der Waals surface area (Å²) >= 11 is 3.40. The molecule has 0 aliphatic heterocycles. The van der Waals surface area contributed by atoms with E-state index in [9.17, 15) is 4.79 Å². The molecule has 0 aliphatic rings. The van der Waals surface area contributed by atoms with Crippen molar-refractivity contribution >= 4 is 27.6 Å². The van der Waals surface area contributed by atoms with Gasteiger partial charge < -0.3 is 9.64 Å². The summed E-state index contributed by atoms with van der Waals surface area (Å²) < 4.78 is 5.50. The molecule has 0 spiro atoms. The summed E-state index contributed by atoms with van der Waals surface area (Å²) in [6.07, 6.45) is 0. The van der Waals surface area contributed by atoms with Crippen LogP contribution in [0.25, 0.3) is 0 Å². The Bertz CT molecular complexity index is 350. The van der Waals surface area contributed by atoms with E-state index in [0.717, 1.165) is 10.2 Å². The SMILES string of the molecule is COC(=O)c1ccc(N(C)C)c(Br)c1. The van der Waals surface area contributed by atoms with Gasteiger partial charge in [0.25, 0.3) is 0 Å². The third-order valence-electron chi connectivity index (χ3n) is 1.85. The predicted octanol–water partition coefficient (Wildman–Crippen LogP) is 2.30. The highest BCUT2D eigenvalue weighted by molar-refractivity contribution is 9.10. The first-order chi connectivity index (χ1) is 6.56. The van der Waals surface area contributed by atoms with Gasteiger partial charge in [-0.1, -0.05) is 0 Å². The summed E-state index contributed by atoms with van der Waals surface area (Å²) in [4.78, 5) is 13.2. The Labute approximate surface area is 91.8 Å². The smallest absolute Gasteiger partial charge is 0.337 e. The topological polar surface area (TPSA) is 29.5 Å². The van der Waals surface area contributed by atoms with Crippen LogP contribution in [0, 0.1) is 0 Å². The Balaban J connectivity index is 3.06. The Morgan fingerprint density at radius 2 is 2.07 bits per heavy atom. The molecule has 4 heteroatoms. The number of rotatable bonds is 2. The number of ether oxygens (including phenoxy) is 1. The second-order valence-electron chi connectivity index (χ2n) is 3.05. The average Bonchev–Trinajstić information content (AvgIpc) is 2.15. The van der Waals surface area contributed by atoms with Crippen molar-refractivity contribution in [2.75, 3.05) is 26.1 Å². The van der Waals surface area contributed by atoms with E-state index < -0.39 is 0 Å². The van der Waals surface area contributed by atoms with Gasteiger partial charge >= 0.3 is 5.97 Å². The van der Waals surface area contributed by atoms with Gasteiger partial charge in [0, 0.05) is 18.6 Å². The number of esters is 1. The lowest BCUT2D eigenvalue weighted by Crippen LogP contribution is -2.10. The highest BCUT2D eigenvalue weighted by Gasteiger charge is 2.08. The van der Waals surface area contributed by atoms with Gasteiger partial charge in [-0.3, -0.25) is 0 Å². The summed E-state index contributed by atoms with van der Waals surface area (Å²) in [6, 6.07) is 5.36. The number of carbonyl (C=O) groups is 1. The summed E-state index contributed by atoms with van der Waals surface area (Å²) in [5.74, 6) is -0.323. The molecule has 14 heavy (non-hydrogen) atoms. The molecule has 0 N–H and O–H groups in total. The summed E-state index contributed by atoms with van der Waals surface area (Å²) in [6.45, 7) is 0. The first-order valence-corrected chi connectivity index (χ1v) is 4.90. The number of hydrogen-bond donors (Lipinski definition) is 0. The van der Waals surface area contributed by atoms with Crippen LogP contribution in [0.1, 0.15) is 10.4 Å². The summed E-state index contributed by atoms with van der Waals surface area (Å²) in [5, 5.41) is 0. The summed E-state index contributed by atoms with van der Waals surface area (Å²) in [5.41, 5.74) is 1.57. The van der Waals surface area contributed by atoms with Gasteiger partial charge in [-0.05, 0) is 34.1 Å². The van der Waals surface area contributed by atoms with E-state index in [2.05, 4.69) is 20.7 Å². The molecule has 0 fully saturated rings. The third-order valence-corrected chi connectivity index (χ3v) is 2.49. The number of halogens is 1. The third kappa shape index (κ3) is 2.26. The molecule has 1 rings (SSSR count). The van der Waals surface area contributed by atoms with Gasteiger partial charge in [0.2, 0.25) is 0 Å². The normalized spacial score (nSPS) is 9.71. The largest absolute Gasteiger partial charge is 0.465 e. The summed E-state index contributed by atoms with van der Waals surface area (Å²) in [7, 11) is 5.26. The zero-order chi connectivity index (χ0) is 10.7. The van der Waals surface area contributed by atoms with E-state index in [-0.39, 0.29) is 5.97 Å². The molecule has 0 aliphatic carbocycles. The van der Waals surface area contributed by atoms with Crippen LogP contribution < -0.4 is 4.90 Å². The minimum absolute atomic E-state index is 0.323. The van der Waals surface area contributed by atoms with Crippen molar-refractivity contribution in [2.24, 2.45) is 0 Å². The van der Waals surface area contributed by atoms with Gasteiger partial charge in [0.15, 0.2) is 0 Å². The van der Waals surface area contributed by atoms with E-state index >= 15 is 0 Å². The monoisotopic (exact) mass is 257 g/mol. The maximum Gasteiger partial charge on any atom is 0.337 e. The van der Waals surface area contributed by atoms with Gasteiger partial charge in [-0.2, -0.15) is 0 Å². The van der Waals surface area contributed by atoms with Crippen molar-refractivity contribution < 1.29 is 9.53 Å². The number of carbonyl (C=O) groups excluding carboxylic acids is 1. The second kappa shape index (κ2) is 4.46. The van der Waals surface area contributed by atoms with Crippen LogP contribution in [-0.4, -0.2) is 27.2 Å². The number of anilines is 1. The van der Waals surface area contributed by atoms with E-state index in [0.29, 0.717) is 5.56 Å². The number of benzene rings is 1. The molecule has 0 atom stereocenters.